The maximum atomic E-state index is 12.5. The molecule has 0 saturated carbocycles. The fourth-order valence-corrected chi connectivity index (χ4v) is 3.76. The van der Waals surface area contributed by atoms with Gasteiger partial charge in [-0.3, -0.25) is 34.7 Å². The molecular weight excluding hydrogens is 458 g/mol. The molecule has 1 fully saturated rings. The van der Waals surface area contributed by atoms with Crippen molar-refractivity contribution in [2.45, 2.75) is 13.0 Å². The second kappa shape index (κ2) is 9.48. The zero-order valence-corrected chi connectivity index (χ0v) is 17.9. The first-order valence-corrected chi connectivity index (χ1v) is 9.99. The fourth-order valence-electron chi connectivity index (χ4n) is 2.85. The number of thioether (sulfide) groups is 1. The van der Waals surface area contributed by atoms with Gasteiger partial charge in [-0.15, -0.1) is 0 Å². The van der Waals surface area contributed by atoms with Crippen LogP contribution in [0.25, 0.3) is 6.08 Å². The molecule has 1 aliphatic heterocycles. The number of carbonyl (C=O) groups excluding carboxylic acids is 3. The van der Waals surface area contributed by atoms with Crippen LogP contribution in [0.2, 0.25) is 0 Å². The molecule has 1 heterocycles. The number of imide groups is 1. The third-order valence-corrected chi connectivity index (χ3v) is 5.39. The second-order valence-electron chi connectivity index (χ2n) is 6.59. The number of hydrogen-bond donors (Lipinski definition) is 0. The highest BCUT2D eigenvalue weighted by molar-refractivity contribution is 8.18. The average Bonchev–Trinajstić information content (AvgIpc) is 3.06. The van der Waals surface area contributed by atoms with Gasteiger partial charge in [-0.1, -0.05) is 12.1 Å². The molecule has 0 spiro atoms. The number of esters is 1. The van der Waals surface area contributed by atoms with Crippen LogP contribution < -0.4 is 4.74 Å². The van der Waals surface area contributed by atoms with Gasteiger partial charge < -0.3 is 9.47 Å². The quantitative estimate of drug-likeness (QED) is 0.250. The minimum absolute atomic E-state index is 0.107. The molecule has 13 heteroatoms. The Bertz CT molecular complexity index is 1190. The lowest BCUT2D eigenvalue weighted by atomic mass is 10.2. The Hall–Kier alpha value is -4.26. The topological polar surface area (TPSA) is 159 Å². The van der Waals surface area contributed by atoms with E-state index >= 15 is 0 Å². The lowest BCUT2D eigenvalue weighted by molar-refractivity contribution is -0.394. The van der Waals surface area contributed by atoms with Gasteiger partial charge in [-0.05, 0) is 48.5 Å². The molecule has 3 rings (SSSR count). The minimum atomic E-state index is -1.07. The van der Waals surface area contributed by atoms with Gasteiger partial charge in [0.25, 0.3) is 16.8 Å². The van der Waals surface area contributed by atoms with Crippen molar-refractivity contribution in [1.29, 1.82) is 0 Å². The van der Waals surface area contributed by atoms with Crippen molar-refractivity contribution in [3.05, 3.63) is 73.2 Å². The smallest absolute Gasteiger partial charge is 0.328 e. The summed E-state index contributed by atoms with van der Waals surface area (Å²) in [6, 6.07) is 7.98. The first-order valence-electron chi connectivity index (χ1n) is 9.18. The largest absolute Gasteiger partial charge is 0.467 e. The number of nitrogens with zero attached hydrogens (tertiary/aromatic N) is 3. The summed E-state index contributed by atoms with van der Waals surface area (Å²) in [7, 11) is 1.16. The molecule has 33 heavy (non-hydrogen) atoms. The van der Waals surface area contributed by atoms with Crippen molar-refractivity contribution in [2.24, 2.45) is 0 Å². The Labute approximate surface area is 190 Å². The van der Waals surface area contributed by atoms with Crippen molar-refractivity contribution in [3.8, 4) is 11.5 Å². The van der Waals surface area contributed by atoms with Crippen LogP contribution in [0.5, 0.6) is 11.5 Å². The Morgan fingerprint density at radius 2 is 1.76 bits per heavy atom. The second-order valence-corrected chi connectivity index (χ2v) is 7.58. The maximum Gasteiger partial charge on any atom is 0.328 e. The number of non-ortho nitro benzene ring substituents is 1. The number of ether oxygens (including phenoxy) is 2. The van der Waals surface area contributed by atoms with E-state index in [1.807, 2.05) is 0 Å². The van der Waals surface area contributed by atoms with Crippen LogP contribution in [0.4, 0.5) is 16.2 Å². The van der Waals surface area contributed by atoms with E-state index in [9.17, 15) is 34.6 Å². The van der Waals surface area contributed by atoms with Gasteiger partial charge in [0.05, 0.1) is 27.9 Å². The molecule has 170 valence electrons. The standard InChI is InChI=1S/C20H15N3O9S/c1-11(19(25)31-2)21-18(24)17(33-20(21)26)9-12-3-6-14(7-4-12)32-16-8-5-13(22(27)28)10-15(16)23(29)30/h3-11H,1-2H3/b17-9+/t11-/m1/s1. The van der Waals surface area contributed by atoms with E-state index in [0.29, 0.717) is 17.3 Å². The monoisotopic (exact) mass is 473 g/mol. The van der Waals surface area contributed by atoms with Crippen molar-refractivity contribution >= 4 is 46.3 Å². The Kier molecular flexibility index (Phi) is 6.72. The number of amides is 2. The van der Waals surface area contributed by atoms with Crippen LogP contribution >= 0.6 is 11.8 Å². The van der Waals surface area contributed by atoms with E-state index in [-0.39, 0.29) is 16.4 Å². The molecule has 12 nitrogen and oxygen atoms in total. The minimum Gasteiger partial charge on any atom is -0.467 e. The van der Waals surface area contributed by atoms with E-state index < -0.39 is 44.4 Å². The lowest BCUT2D eigenvalue weighted by Crippen LogP contribution is -2.42. The van der Waals surface area contributed by atoms with Gasteiger partial charge in [0.2, 0.25) is 5.75 Å². The first-order chi connectivity index (χ1) is 15.6. The molecule has 0 radical (unpaired) electrons. The molecule has 1 atom stereocenters. The molecule has 2 aromatic carbocycles. The molecule has 0 bridgehead atoms. The molecule has 1 aliphatic rings. The van der Waals surface area contributed by atoms with Gasteiger partial charge in [0.1, 0.15) is 11.8 Å². The number of nitro groups is 2. The third kappa shape index (κ3) is 4.98. The summed E-state index contributed by atoms with van der Waals surface area (Å²) in [5, 5.41) is 21.5. The Balaban J connectivity index is 1.79. The molecule has 2 aromatic rings. The van der Waals surface area contributed by atoms with Crippen LogP contribution in [0.15, 0.2) is 47.4 Å². The molecule has 0 unspecified atom stereocenters. The van der Waals surface area contributed by atoms with Crippen molar-refractivity contribution < 1.29 is 33.7 Å². The summed E-state index contributed by atoms with van der Waals surface area (Å²) < 4.78 is 10.1. The van der Waals surface area contributed by atoms with Crippen LogP contribution in [0.1, 0.15) is 12.5 Å². The zero-order chi connectivity index (χ0) is 24.3. The van der Waals surface area contributed by atoms with Gasteiger partial charge in [-0.2, -0.15) is 0 Å². The Morgan fingerprint density at radius 1 is 1.09 bits per heavy atom. The molecule has 2 amide bonds. The molecule has 0 aliphatic carbocycles. The van der Waals surface area contributed by atoms with Crippen LogP contribution in [0, 0.1) is 20.2 Å². The number of methoxy groups -OCH3 is 1. The normalized spacial score (nSPS) is 15.5. The highest BCUT2D eigenvalue weighted by Gasteiger charge is 2.41. The number of rotatable bonds is 7. The number of benzene rings is 2. The zero-order valence-electron chi connectivity index (χ0n) is 17.1. The van der Waals surface area contributed by atoms with Gasteiger partial charge in [0, 0.05) is 6.07 Å². The third-order valence-electron chi connectivity index (χ3n) is 4.51. The highest BCUT2D eigenvalue weighted by Crippen LogP contribution is 2.36. The summed E-state index contributed by atoms with van der Waals surface area (Å²) in [5.74, 6) is -1.34. The number of hydrogen-bond acceptors (Lipinski definition) is 10. The lowest BCUT2D eigenvalue weighted by Gasteiger charge is -2.18. The van der Waals surface area contributed by atoms with Gasteiger partial charge in [-0.25, -0.2) is 4.79 Å². The first kappa shape index (κ1) is 23.4. The van der Waals surface area contributed by atoms with E-state index in [1.54, 1.807) is 12.1 Å². The van der Waals surface area contributed by atoms with Gasteiger partial charge in [0.15, 0.2) is 0 Å². The summed E-state index contributed by atoms with van der Waals surface area (Å²) in [6.45, 7) is 1.38. The fraction of sp³-hybridized carbons (Fsp3) is 0.150. The summed E-state index contributed by atoms with van der Waals surface area (Å²) in [5.41, 5.74) is -0.488. The number of carbonyl (C=O) groups is 3. The molecular formula is C20H15N3O9S. The van der Waals surface area contributed by atoms with E-state index in [4.69, 9.17) is 4.74 Å². The van der Waals surface area contributed by atoms with Crippen LogP contribution in [-0.4, -0.2) is 45.0 Å². The van der Waals surface area contributed by atoms with E-state index in [2.05, 4.69) is 4.74 Å². The predicted octanol–water partition coefficient (Wildman–Crippen LogP) is 3.89. The van der Waals surface area contributed by atoms with Crippen molar-refractivity contribution in [1.82, 2.24) is 4.90 Å². The van der Waals surface area contributed by atoms with Crippen molar-refractivity contribution in [3.63, 3.8) is 0 Å². The van der Waals surface area contributed by atoms with Crippen LogP contribution in [-0.2, 0) is 14.3 Å². The average molecular weight is 473 g/mol. The van der Waals surface area contributed by atoms with E-state index in [0.717, 1.165) is 30.2 Å². The summed E-state index contributed by atoms with van der Waals surface area (Å²) in [4.78, 5) is 57.8. The number of nitro benzene ring substituents is 2. The Morgan fingerprint density at radius 3 is 2.33 bits per heavy atom. The van der Waals surface area contributed by atoms with Crippen molar-refractivity contribution in [2.75, 3.05) is 7.11 Å². The maximum absolute atomic E-state index is 12.5. The van der Waals surface area contributed by atoms with Crippen LogP contribution in [0.3, 0.4) is 0 Å². The van der Waals surface area contributed by atoms with E-state index in [1.165, 1.54) is 25.1 Å². The molecule has 0 aromatic heterocycles. The summed E-state index contributed by atoms with van der Waals surface area (Å²) >= 11 is 0.678. The SMILES string of the molecule is COC(=O)[C@@H](C)N1C(=O)S/C(=C/c2ccc(Oc3ccc([N+](=O)[O-])cc3[N+](=O)[O-])cc2)C1=O. The molecule has 0 N–H and O–H groups in total. The predicted molar refractivity (Wildman–Crippen MR) is 116 cm³/mol. The molecule has 1 saturated heterocycles. The van der Waals surface area contributed by atoms with Gasteiger partial charge >= 0.3 is 11.7 Å². The highest BCUT2D eigenvalue weighted by atomic mass is 32.2. The summed E-state index contributed by atoms with van der Waals surface area (Å²) in [6.07, 6.45) is 1.45.